The molecule has 0 atom stereocenters. The summed E-state index contributed by atoms with van der Waals surface area (Å²) in [5, 5.41) is 3.94. The molecule has 0 saturated carbocycles. The molecule has 0 radical (unpaired) electrons. The molecule has 0 saturated heterocycles. The normalized spacial score (nSPS) is 10.2. The Morgan fingerprint density at radius 1 is 1.17 bits per heavy atom. The molecular formula is C13H12ClIN2O. The first-order valence-electron chi connectivity index (χ1n) is 5.26. The fourth-order valence-electron chi connectivity index (χ4n) is 1.56. The van der Waals surface area contributed by atoms with E-state index in [1.54, 1.807) is 13.2 Å². The van der Waals surface area contributed by atoms with Crippen LogP contribution >= 0.6 is 34.2 Å². The summed E-state index contributed by atoms with van der Waals surface area (Å²) < 4.78 is 6.32. The van der Waals surface area contributed by atoms with Gasteiger partial charge >= 0.3 is 0 Å². The molecule has 0 aliphatic carbocycles. The monoisotopic (exact) mass is 374 g/mol. The Hall–Kier alpha value is -1.14. The zero-order valence-electron chi connectivity index (χ0n) is 9.71. The highest BCUT2D eigenvalue weighted by atomic mass is 127. The molecule has 0 aliphatic rings. The Morgan fingerprint density at radius 3 is 2.61 bits per heavy atom. The van der Waals surface area contributed by atoms with E-state index in [9.17, 15) is 0 Å². The van der Waals surface area contributed by atoms with E-state index in [-0.39, 0.29) is 0 Å². The highest BCUT2D eigenvalue weighted by Crippen LogP contribution is 2.32. The number of halogens is 2. The lowest BCUT2D eigenvalue weighted by atomic mass is 10.2. The minimum absolute atomic E-state index is 0.656. The zero-order valence-corrected chi connectivity index (χ0v) is 12.6. The van der Waals surface area contributed by atoms with Crippen molar-refractivity contribution in [1.82, 2.24) is 0 Å². The number of nitrogens with two attached hydrogens (primary N) is 1. The summed E-state index contributed by atoms with van der Waals surface area (Å²) in [6.07, 6.45) is 0. The Balaban J connectivity index is 2.36. The van der Waals surface area contributed by atoms with E-state index < -0.39 is 0 Å². The molecule has 0 unspecified atom stereocenters. The first kappa shape index (κ1) is 13.3. The minimum atomic E-state index is 0.656. The van der Waals surface area contributed by atoms with Crippen molar-refractivity contribution in [3.8, 4) is 5.75 Å². The number of hydrogen-bond acceptors (Lipinski definition) is 3. The molecule has 2 aromatic carbocycles. The standard InChI is InChI=1S/C13H12ClIN2O/c1-18-13-5-2-8(14)6-12(13)17-11-4-3-9(16)7-10(11)15/h2-7,17H,16H2,1H3. The van der Waals surface area contributed by atoms with Gasteiger partial charge in [0.1, 0.15) is 5.75 Å². The van der Waals surface area contributed by atoms with Crippen LogP contribution in [0.1, 0.15) is 0 Å². The molecule has 2 rings (SSSR count). The maximum Gasteiger partial charge on any atom is 0.142 e. The highest BCUT2D eigenvalue weighted by molar-refractivity contribution is 14.1. The lowest BCUT2D eigenvalue weighted by Crippen LogP contribution is -1.97. The van der Waals surface area contributed by atoms with Crippen LogP contribution in [-0.2, 0) is 0 Å². The van der Waals surface area contributed by atoms with Crippen LogP contribution < -0.4 is 15.8 Å². The van der Waals surface area contributed by atoms with Gasteiger partial charge in [0.15, 0.2) is 0 Å². The van der Waals surface area contributed by atoms with Crippen LogP contribution in [0.25, 0.3) is 0 Å². The van der Waals surface area contributed by atoms with Crippen LogP contribution in [0.15, 0.2) is 36.4 Å². The maximum absolute atomic E-state index is 5.99. The predicted molar refractivity (Wildman–Crippen MR) is 84.9 cm³/mol. The topological polar surface area (TPSA) is 47.3 Å². The number of rotatable bonds is 3. The van der Waals surface area contributed by atoms with Crippen molar-refractivity contribution in [1.29, 1.82) is 0 Å². The van der Waals surface area contributed by atoms with Crippen molar-refractivity contribution in [2.75, 3.05) is 18.2 Å². The van der Waals surface area contributed by atoms with E-state index in [1.165, 1.54) is 0 Å². The van der Waals surface area contributed by atoms with Crippen LogP contribution in [0.4, 0.5) is 17.1 Å². The third-order valence-electron chi connectivity index (χ3n) is 2.42. The van der Waals surface area contributed by atoms with Gasteiger partial charge in [-0.2, -0.15) is 0 Å². The second-order valence-electron chi connectivity index (χ2n) is 3.71. The number of nitrogen functional groups attached to an aromatic ring is 1. The van der Waals surface area contributed by atoms with Crippen LogP contribution in [0.2, 0.25) is 5.02 Å². The van der Waals surface area contributed by atoms with E-state index >= 15 is 0 Å². The van der Waals surface area contributed by atoms with Gasteiger partial charge in [0.2, 0.25) is 0 Å². The van der Waals surface area contributed by atoms with Gasteiger partial charge in [0.05, 0.1) is 18.5 Å². The molecule has 0 heterocycles. The molecule has 5 heteroatoms. The van der Waals surface area contributed by atoms with E-state index in [1.807, 2.05) is 30.3 Å². The van der Waals surface area contributed by atoms with Crippen LogP contribution in [-0.4, -0.2) is 7.11 Å². The van der Waals surface area contributed by atoms with Crippen molar-refractivity contribution in [3.05, 3.63) is 45.0 Å². The molecule has 0 aliphatic heterocycles. The number of ether oxygens (including phenoxy) is 1. The van der Waals surface area contributed by atoms with Crippen molar-refractivity contribution >= 4 is 51.3 Å². The first-order valence-corrected chi connectivity index (χ1v) is 6.71. The molecule has 94 valence electrons. The Labute approximate surface area is 124 Å². The summed E-state index contributed by atoms with van der Waals surface area (Å²) in [5.41, 5.74) is 8.25. The number of benzene rings is 2. The maximum atomic E-state index is 5.99. The quantitative estimate of drug-likeness (QED) is 0.623. The second kappa shape index (κ2) is 5.67. The van der Waals surface area contributed by atoms with Crippen LogP contribution in [0.3, 0.4) is 0 Å². The summed E-state index contributed by atoms with van der Waals surface area (Å²) in [6, 6.07) is 11.1. The van der Waals surface area contributed by atoms with E-state index in [0.29, 0.717) is 5.02 Å². The average Bonchev–Trinajstić information content (AvgIpc) is 2.33. The highest BCUT2D eigenvalue weighted by Gasteiger charge is 2.06. The number of nitrogens with one attached hydrogen (secondary N) is 1. The summed E-state index contributed by atoms with van der Waals surface area (Å²) in [7, 11) is 1.63. The molecule has 2 aromatic rings. The Kier molecular flexibility index (Phi) is 4.19. The van der Waals surface area contributed by atoms with Gasteiger partial charge in [-0.25, -0.2) is 0 Å². The number of methoxy groups -OCH3 is 1. The van der Waals surface area contributed by atoms with Gasteiger partial charge < -0.3 is 15.8 Å². The fourth-order valence-corrected chi connectivity index (χ4v) is 2.40. The first-order chi connectivity index (χ1) is 8.60. The lowest BCUT2D eigenvalue weighted by molar-refractivity contribution is 0.417. The molecule has 0 bridgehead atoms. The van der Waals surface area contributed by atoms with Crippen molar-refractivity contribution in [2.24, 2.45) is 0 Å². The third-order valence-corrected chi connectivity index (χ3v) is 3.55. The van der Waals surface area contributed by atoms with Gasteiger partial charge in [-0.05, 0) is 59.0 Å². The molecule has 0 fully saturated rings. The second-order valence-corrected chi connectivity index (χ2v) is 5.31. The largest absolute Gasteiger partial charge is 0.495 e. The predicted octanol–water partition coefficient (Wildman–Crippen LogP) is 4.28. The molecule has 3 nitrogen and oxygen atoms in total. The van der Waals surface area contributed by atoms with Gasteiger partial charge in [0.25, 0.3) is 0 Å². The van der Waals surface area contributed by atoms with Gasteiger partial charge in [-0.3, -0.25) is 0 Å². The minimum Gasteiger partial charge on any atom is -0.495 e. The van der Waals surface area contributed by atoms with Crippen LogP contribution in [0.5, 0.6) is 5.75 Å². The fraction of sp³-hybridized carbons (Fsp3) is 0.0769. The molecule has 18 heavy (non-hydrogen) atoms. The molecule has 0 aromatic heterocycles. The summed E-state index contributed by atoms with van der Waals surface area (Å²) in [6.45, 7) is 0. The zero-order chi connectivity index (χ0) is 13.1. The van der Waals surface area contributed by atoms with Gasteiger partial charge in [-0.1, -0.05) is 11.6 Å². The number of anilines is 3. The summed E-state index contributed by atoms with van der Waals surface area (Å²) in [5.74, 6) is 0.743. The Bertz CT molecular complexity index is 575. The molecular weight excluding hydrogens is 363 g/mol. The van der Waals surface area contributed by atoms with Crippen molar-refractivity contribution < 1.29 is 4.74 Å². The SMILES string of the molecule is COc1ccc(Cl)cc1Nc1ccc(N)cc1I. The average molecular weight is 375 g/mol. The van der Waals surface area contributed by atoms with Crippen molar-refractivity contribution in [2.45, 2.75) is 0 Å². The summed E-state index contributed by atoms with van der Waals surface area (Å²) in [4.78, 5) is 0. The molecule has 0 spiro atoms. The Morgan fingerprint density at radius 2 is 1.94 bits per heavy atom. The van der Waals surface area contributed by atoms with Crippen molar-refractivity contribution in [3.63, 3.8) is 0 Å². The van der Waals surface area contributed by atoms with Crippen LogP contribution in [0, 0.1) is 3.57 Å². The number of hydrogen-bond donors (Lipinski definition) is 2. The van der Waals surface area contributed by atoms with E-state index in [4.69, 9.17) is 22.1 Å². The third kappa shape index (κ3) is 3.00. The summed E-state index contributed by atoms with van der Waals surface area (Å²) >= 11 is 8.22. The smallest absolute Gasteiger partial charge is 0.142 e. The lowest BCUT2D eigenvalue weighted by Gasteiger charge is -2.13. The van der Waals surface area contributed by atoms with Gasteiger partial charge in [0, 0.05) is 14.3 Å². The van der Waals surface area contributed by atoms with E-state index in [2.05, 4.69) is 27.9 Å². The van der Waals surface area contributed by atoms with E-state index in [0.717, 1.165) is 26.4 Å². The van der Waals surface area contributed by atoms with Gasteiger partial charge in [-0.15, -0.1) is 0 Å². The molecule has 0 amide bonds. The molecule has 3 N–H and O–H groups in total.